The fraction of sp³-hybridized carbons (Fsp3) is 0.261. The van der Waals surface area contributed by atoms with E-state index in [1.807, 2.05) is 56.3 Å². The van der Waals surface area contributed by atoms with Crippen LogP contribution < -0.4 is 5.32 Å². The number of nitrogens with zero attached hydrogens (tertiary/aromatic N) is 3. The summed E-state index contributed by atoms with van der Waals surface area (Å²) in [7, 11) is 0. The number of fused-ring (bicyclic) bond motifs is 1. The third-order valence-electron chi connectivity index (χ3n) is 5.35. The van der Waals surface area contributed by atoms with Crippen LogP contribution in [0.1, 0.15) is 21.6 Å². The molecule has 2 heterocycles. The lowest BCUT2D eigenvalue weighted by Crippen LogP contribution is -2.51. The molecule has 7 heteroatoms. The predicted octanol–water partition coefficient (Wildman–Crippen LogP) is 4.49. The number of piperazine rings is 1. The van der Waals surface area contributed by atoms with Gasteiger partial charge in [0.2, 0.25) is 0 Å². The average Bonchev–Trinajstić information content (AvgIpc) is 2.75. The Balaban J connectivity index is 1.42. The molecule has 0 spiro atoms. The van der Waals surface area contributed by atoms with E-state index in [0.717, 1.165) is 22.2 Å². The van der Waals surface area contributed by atoms with Gasteiger partial charge in [-0.05, 0) is 43.7 Å². The molecule has 1 aromatic heterocycles. The van der Waals surface area contributed by atoms with E-state index >= 15 is 0 Å². The Labute approximate surface area is 180 Å². The van der Waals surface area contributed by atoms with Gasteiger partial charge in [-0.3, -0.25) is 9.78 Å². The number of carbonyl (C=O) groups excluding carboxylic acids is 2. The number of rotatable bonds is 2. The Kier molecular flexibility index (Phi) is 5.59. The van der Waals surface area contributed by atoms with Gasteiger partial charge < -0.3 is 15.1 Å². The molecule has 0 bridgehead atoms. The molecule has 0 atom stereocenters. The normalized spacial score (nSPS) is 14.1. The highest BCUT2D eigenvalue weighted by atomic mass is 35.5. The first-order valence-electron chi connectivity index (χ1n) is 9.90. The van der Waals surface area contributed by atoms with Crippen LogP contribution in [-0.4, -0.2) is 52.9 Å². The maximum Gasteiger partial charge on any atom is 0.321 e. The zero-order valence-electron chi connectivity index (χ0n) is 17.0. The number of carbonyl (C=O) groups is 2. The Morgan fingerprint density at radius 3 is 2.40 bits per heavy atom. The number of para-hydroxylation sites is 1. The van der Waals surface area contributed by atoms with Gasteiger partial charge in [0.15, 0.2) is 0 Å². The number of anilines is 1. The Bertz CT molecular complexity index is 1120. The number of hydrogen-bond donors (Lipinski definition) is 1. The van der Waals surface area contributed by atoms with E-state index < -0.39 is 0 Å². The summed E-state index contributed by atoms with van der Waals surface area (Å²) < 4.78 is 0. The Morgan fingerprint density at radius 1 is 0.967 bits per heavy atom. The third kappa shape index (κ3) is 4.09. The Morgan fingerprint density at radius 2 is 1.67 bits per heavy atom. The molecular weight excluding hydrogens is 400 g/mol. The van der Waals surface area contributed by atoms with Crippen LogP contribution in [0.5, 0.6) is 0 Å². The lowest BCUT2D eigenvalue weighted by Gasteiger charge is -2.35. The highest BCUT2D eigenvalue weighted by molar-refractivity contribution is 6.31. The summed E-state index contributed by atoms with van der Waals surface area (Å²) in [4.78, 5) is 33.8. The zero-order valence-corrected chi connectivity index (χ0v) is 17.7. The van der Waals surface area contributed by atoms with Gasteiger partial charge in [0, 0.05) is 48.0 Å². The standard InChI is InChI=1S/C23H23ClN4O2/c1-15-7-8-17(14-20(15)24)26-23(30)28-11-9-27(10-12-28)22(29)19-13-16(2)25-21-6-4-3-5-18(19)21/h3-8,13-14H,9-12H2,1-2H3,(H,26,30). The second-order valence-corrected chi connectivity index (χ2v) is 7.91. The minimum absolute atomic E-state index is 0.0259. The summed E-state index contributed by atoms with van der Waals surface area (Å²) in [6.45, 7) is 5.71. The largest absolute Gasteiger partial charge is 0.335 e. The van der Waals surface area contributed by atoms with Crippen molar-refractivity contribution in [2.75, 3.05) is 31.5 Å². The van der Waals surface area contributed by atoms with Crippen LogP contribution in [0.2, 0.25) is 5.02 Å². The van der Waals surface area contributed by atoms with Crippen molar-refractivity contribution < 1.29 is 9.59 Å². The van der Waals surface area contributed by atoms with E-state index in [1.165, 1.54) is 0 Å². The molecule has 1 fully saturated rings. The number of benzene rings is 2. The zero-order chi connectivity index (χ0) is 21.3. The van der Waals surface area contributed by atoms with E-state index in [2.05, 4.69) is 10.3 Å². The van der Waals surface area contributed by atoms with Crippen molar-refractivity contribution in [2.45, 2.75) is 13.8 Å². The maximum atomic E-state index is 13.2. The van der Waals surface area contributed by atoms with E-state index in [1.54, 1.807) is 15.9 Å². The number of pyridine rings is 1. The molecule has 1 saturated heterocycles. The molecule has 0 saturated carbocycles. The van der Waals surface area contributed by atoms with E-state index in [4.69, 9.17) is 11.6 Å². The predicted molar refractivity (Wildman–Crippen MR) is 119 cm³/mol. The van der Waals surface area contributed by atoms with Crippen LogP contribution in [-0.2, 0) is 0 Å². The molecule has 1 aliphatic heterocycles. The lowest BCUT2D eigenvalue weighted by atomic mass is 10.1. The minimum Gasteiger partial charge on any atom is -0.335 e. The SMILES string of the molecule is Cc1cc(C(=O)N2CCN(C(=O)Nc3ccc(C)c(Cl)c3)CC2)c2ccccc2n1. The quantitative estimate of drug-likeness (QED) is 0.661. The molecular formula is C23H23ClN4O2. The summed E-state index contributed by atoms with van der Waals surface area (Å²) in [5.41, 5.74) is 3.90. The first-order chi connectivity index (χ1) is 14.4. The third-order valence-corrected chi connectivity index (χ3v) is 5.76. The molecule has 0 unspecified atom stereocenters. The van der Waals surface area contributed by atoms with E-state index in [-0.39, 0.29) is 11.9 Å². The van der Waals surface area contributed by atoms with Crippen LogP contribution in [0.25, 0.3) is 10.9 Å². The number of aryl methyl sites for hydroxylation is 2. The van der Waals surface area contributed by atoms with Gasteiger partial charge in [-0.15, -0.1) is 0 Å². The number of hydrogen-bond acceptors (Lipinski definition) is 3. The molecule has 2 aromatic carbocycles. The summed E-state index contributed by atoms with van der Waals surface area (Å²) in [5, 5.41) is 4.34. The highest BCUT2D eigenvalue weighted by Crippen LogP contribution is 2.22. The van der Waals surface area contributed by atoms with Gasteiger partial charge in [-0.25, -0.2) is 4.79 Å². The van der Waals surface area contributed by atoms with Gasteiger partial charge in [-0.1, -0.05) is 35.9 Å². The second-order valence-electron chi connectivity index (χ2n) is 7.50. The van der Waals surface area contributed by atoms with Crippen LogP contribution in [0.3, 0.4) is 0 Å². The van der Waals surface area contributed by atoms with Gasteiger partial charge in [0.25, 0.3) is 5.91 Å². The number of nitrogens with one attached hydrogen (secondary N) is 1. The molecule has 1 N–H and O–H groups in total. The smallest absolute Gasteiger partial charge is 0.321 e. The molecule has 4 rings (SSSR count). The lowest BCUT2D eigenvalue weighted by molar-refractivity contribution is 0.0673. The average molecular weight is 423 g/mol. The monoisotopic (exact) mass is 422 g/mol. The first-order valence-corrected chi connectivity index (χ1v) is 10.3. The number of urea groups is 1. The van der Waals surface area contributed by atoms with Crippen molar-refractivity contribution in [3.8, 4) is 0 Å². The van der Waals surface area contributed by atoms with Crippen molar-refractivity contribution in [2.24, 2.45) is 0 Å². The van der Waals surface area contributed by atoms with Crippen molar-refractivity contribution in [3.05, 3.63) is 70.4 Å². The summed E-state index contributed by atoms with van der Waals surface area (Å²) in [6.07, 6.45) is 0. The number of amides is 3. The second kappa shape index (κ2) is 8.32. The van der Waals surface area contributed by atoms with Gasteiger partial charge in [-0.2, -0.15) is 0 Å². The summed E-state index contributed by atoms with van der Waals surface area (Å²) >= 11 is 6.13. The maximum absolute atomic E-state index is 13.2. The number of aromatic nitrogens is 1. The van der Waals surface area contributed by atoms with Gasteiger partial charge in [0.05, 0.1) is 11.1 Å². The minimum atomic E-state index is -0.188. The molecule has 3 amide bonds. The number of halogens is 1. The molecule has 1 aliphatic rings. The van der Waals surface area contributed by atoms with Crippen LogP contribution in [0.4, 0.5) is 10.5 Å². The molecule has 6 nitrogen and oxygen atoms in total. The molecule has 3 aromatic rings. The van der Waals surface area contributed by atoms with Crippen molar-refractivity contribution in [1.82, 2.24) is 14.8 Å². The summed E-state index contributed by atoms with van der Waals surface area (Å²) in [5.74, 6) is -0.0259. The van der Waals surface area contributed by atoms with Gasteiger partial charge >= 0.3 is 6.03 Å². The fourth-order valence-corrected chi connectivity index (χ4v) is 3.82. The van der Waals surface area contributed by atoms with E-state index in [9.17, 15) is 9.59 Å². The van der Waals surface area contributed by atoms with E-state index in [0.29, 0.717) is 42.5 Å². The van der Waals surface area contributed by atoms with Crippen LogP contribution in [0.15, 0.2) is 48.5 Å². The molecule has 154 valence electrons. The first kappa shape index (κ1) is 20.2. The summed E-state index contributed by atoms with van der Waals surface area (Å²) in [6, 6.07) is 14.8. The topological polar surface area (TPSA) is 65.5 Å². The molecule has 0 radical (unpaired) electrons. The Hall–Kier alpha value is -3.12. The van der Waals surface area contributed by atoms with Crippen molar-refractivity contribution >= 4 is 40.1 Å². The molecule has 30 heavy (non-hydrogen) atoms. The van der Waals surface area contributed by atoms with Crippen LogP contribution in [0, 0.1) is 13.8 Å². The van der Waals surface area contributed by atoms with Crippen LogP contribution >= 0.6 is 11.6 Å². The van der Waals surface area contributed by atoms with Crippen molar-refractivity contribution in [1.29, 1.82) is 0 Å². The molecule has 0 aliphatic carbocycles. The highest BCUT2D eigenvalue weighted by Gasteiger charge is 2.26. The van der Waals surface area contributed by atoms with Gasteiger partial charge in [0.1, 0.15) is 0 Å². The fourth-order valence-electron chi connectivity index (χ4n) is 3.64. The van der Waals surface area contributed by atoms with Crippen molar-refractivity contribution in [3.63, 3.8) is 0 Å².